The van der Waals surface area contributed by atoms with Crippen molar-refractivity contribution in [1.29, 1.82) is 0 Å². The minimum Gasteiger partial charge on any atom is -0.465 e. The molecule has 0 spiro atoms. The maximum Gasteiger partial charge on any atom is 0.337 e. The van der Waals surface area contributed by atoms with Gasteiger partial charge in [0, 0.05) is 6.54 Å². The Morgan fingerprint density at radius 3 is 2.85 bits per heavy atom. The zero-order valence-corrected chi connectivity index (χ0v) is 11.9. The van der Waals surface area contributed by atoms with Gasteiger partial charge in [-0.3, -0.25) is 0 Å². The van der Waals surface area contributed by atoms with Gasteiger partial charge in [0.15, 0.2) is 0 Å². The Kier molecular flexibility index (Phi) is 3.55. The lowest BCUT2D eigenvalue weighted by molar-refractivity contribution is 0.0601. The highest BCUT2D eigenvalue weighted by Gasteiger charge is 2.39. The van der Waals surface area contributed by atoms with Crippen molar-refractivity contribution in [2.75, 3.05) is 24.7 Å². The van der Waals surface area contributed by atoms with E-state index < -0.39 is 0 Å². The number of anilines is 2. The third-order valence-electron chi connectivity index (χ3n) is 4.91. The van der Waals surface area contributed by atoms with E-state index in [1.807, 2.05) is 6.07 Å². The molecule has 2 bridgehead atoms. The minimum atomic E-state index is -0.351. The van der Waals surface area contributed by atoms with Crippen LogP contribution < -0.4 is 11.1 Å². The van der Waals surface area contributed by atoms with E-state index in [1.54, 1.807) is 12.1 Å². The van der Waals surface area contributed by atoms with Gasteiger partial charge in [-0.15, -0.1) is 0 Å². The SMILES string of the molecule is COC(=O)c1ccc(NCC2CC3CCC2C3)c(N)c1. The lowest BCUT2D eigenvalue weighted by Crippen LogP contribution is -2.20. The highest BCUT2D eigenvalue weighted by molar-refractivity contribution is 5.91. The van der Waals surface area contributed by atoms with Crippen LogP contribution >= 0.6 is 0 Å². The number of hydrogen-bond donors (Lipinski definition) is 2. The van der Waals surface area contributed by atoms with Crippen LogP contribution in [0.25, 0.3) is 0 Å². The number of carbonyl (C=O) groups is 1. The van der Waals surface area contributed by atoms with E-state index in [0.29, 0.717) is 11.3 Å². The smallest absolute Gasteiger partial charge is 0.337 e. The predicted molar refractivity (Wildman–Crippen MR) is 79.6 cm³/mol. The second-order valence-electron chi connectivity index (χ2n) is 6.11. The van der Waals surface area contributed by atoms with E-state index in [0.717, 1.165) is 30.0 Å². The Morgan fingerprint density at radius 1 is 1.40 bits per heavy atom. The molecule has 4 nitrogen and oxygen atoms in total. The van der Waals surface area contributed by atoms with E-state index in [-0.39, 0.29) is 5.97 Å². The van der Waals surface area contributed by atoms with Gasteiger partial charge in [0.2, 0.25) is 0 Å². The molecule has 3 unspecified atom stereocenters. The molecule has 20 heavy (non-hydrogen) atoms. The van der Waals surface area contributed by atoms with Crippen LogP contribution in [-0.2, 0) is 4.74 Å². The summed E-state index contributed by atoms with van der Waals surface area (Å²) in [5.74, 6) is 2.30. The Hall–Kier alpha value is -1.71. The van der Waals surface area contributed by atoms with Crippen LogP contribution in [0.2, 0.25) is 0 Å². The molecule has 0 aromatic heterocycles. The van der Waals surface area contributed by atoms with Gasteiger partial charge in [0.05, 0.1) is 24.0 Å². The summed E-state index contributed by atoms with van der Waals surface area (Å²) in [6, 6.07) is 5.30. The lowest BCUT2D eigenvalue weighted by Gasteiger charge is -2.22. The summed E-state index contributed by atoms with van der Waals surface area (Å²) in [7, 11) is 1.37. The molecule has 3 atom stereocenters. The molecule has 2 fully saturated rings. The van der Waals surface area contributed by atoms with Crippen molar-refractivity contribution in [2.24, 2.45) is 17.8 Å². The van der Waals surface area contributed by atoms with Gasteiger partial charge < -0.3 is 15.8 Å². The Morgan fingerprint density at radius 2 is 2.25 bits per heavy atom. The van der Waals surface area contributed by atoms with Crippen LogP contribution in [-0.4, -0.2) is 19.6 Å². The molecular weight excluding hydrogens is 252 g/mol. The van der Waals surface area contributed by atoms with Gasteiger partial charge in [0.25, 0.3) is 0 Å². The topological polar surface area (TPSA) is 64.3 Å². The summed E-state index contributed by atoms with van der Waals surface area (Å²) in [6.07, 6.45) is 5.60. The number of rotatable bonds is 4. The first kappa shape index (κ1) is 13.3. The zero-order chi connectivity index (χ0) is 14.1. The Balaban J connectivity index is 1.61. The number of esters is 1. The number of nitrogens with one attached hydrogen (secondary N) is 1. The van der Waals surface area contributed by atoms with E-state index in [9.17, 15) is 4.79 Å². The second-order valence-corrected chi connectivity index (χ2v) is 6.11. The molecular formula is C16H22N2O2. The van der Waals surface area contributed by atoms with Gasteiger partial charge in [-0.1, -0.05) is 6.42 Å². The predicted octanol–water partition coefficient (Wildman–Crippen LogP) is 2.90. The highest BCUT2D eigenvalue weighted by atomic mass is 16.5. The van der Waals surface area contributed by atoms with Crippen molar-refractivity contribution in [3.63, 3.8) is 0 Å². The number of benzene rings is 1. The second kappa shape index (κ2) is 5.35. The van der Waals surface area contributed by atoms with Crippen LogP contribution in [0.1, 0.15) is 36.0 Å². The monoisotopic (exact) mass is 274 g/mol. The molecule has 0 amide bonds. The molecule has 108 valence electrons. The summed E-state index contributed by atoms with van der Waals surface area (Å²) < 4.78 is 4.69. The van der Waals surface area contributed by atoms with Crippen LogP contribution in [0, 0.1) is 17.8 Å². The average Bonchev–Trinajstić information content (AvgIpc) is 3.07. The number of fused-ring (bicyclic) bond motifs is 2. The first-order valence-electron chi connectivity index (χ1n) is 7.39. The standard InChI is InChI=1S/C16H22N2O2/c1-20-16(19)12-4-5-15(14(17)8-12)18-9-13-7-10-2-3-11(13)6-10/h4-5,8,10-11,13,18H,2-3,6-7,9,17H2,1H3. The molecule has 2 aliphatic carbocycles. The number of nitrogens with two attached hydrogens (primary N) is 1. The van der Waals surface area contributed by atoms with Crippen molar-refractivity contribution in [1.82, 2.24) is 0 Å². The van der Waals surface area contributed by atoms with E-state index in [2.05, 4.69) is 5.32 Å². The maximum atomic E-state index is 11.4. The Bertz CT molecular complexity index is 515. The maximum absolute atomic E-state index is 11.4. The summed E-state index contributed by atoms with van der Waals surface area (Å²) in [5, 5.41) is 3.45. The molecule has 2 aliphatic rings. The zero-order valence-electron chi connectivity index (χ0n) is 11.9. The third kappa shape index (κ3) is 2.47. The molecule has 0 aliphatic heterocycles. The van der Waals surface area contributed by atoms with Gasteiger partial charge in [-0.2, -0.15) is 0 Å². The molecule has 1 aromatic rings. The fourth-order valence-electron chi connectivity index (χ4n) is 3.84. The minimum absolute atomic E-state index is 0.351. The van der Waals surface area contributed by atoms with Gasteiger partial charge in [-0.25, -0.2) is 4.79 Å². The summed E-state index contributed by atoms with van der Waals surface area (Å²) in [5.41, 5.74) is 8.02. The first-order valence-corrected chi connectivity index (χ1v) is 7.39. The van der Waals surface area contributed by atoms with E-state index in [4.69, 9.17) is 10.5 Å². The van der Waals surface area contributed by atoms with Crippen molar-refractivity contribution < 1.29 is 9.53 Å². The molecule has 1 aromatic carbocycles. The van der Waals surface area contributed by atoms with Crippen molar-refractivity contribution in [3.8, 4) is 0 Å². The molecule has 3 rings (SSSR count). The lowest BCUT2D eigenvalue weighted by atomic mass is 9.89. The molecule has 0 saturated heterocycles. The summed E-state index contributed by atoms with van der Waals surface area (Å²) >= 11 is 0. The number of ether oxygens (including phenoxy) is 1. The number of hydrogen-bond acceptors (Lipinski definition) is 4. The average molecular weight is 274 g/mol. The number of methoxy groups -OCH3 is 1. The van der Waals surface area contributed by atoms with Crippen LogP contribution in [0.4, 0.5) is 11.4 Å². The molecule has 4 heteroatoms. The number of nitrogen functional groups attached to an aromatic ring is 1. The van der Waals surface area contributed by atoms with E-state index >= 15 is 0 Å². The molecule has 3 N–H and O–H groups in total. The molecule has 0 heterocycles. The highest BCUT2D eigenvalue weighted by Crippen LogP contribution is 2.48. The van der Waals surface area contributed by atoms with Gasteiger partial charge >= 0.3 is 5.97 Å². The number of carbonyl (C=O) groups excluding carboxylic acids is 1. The quantitative estimate of drug-likeness (QED) is 0.654. The van der Waals surface area contributed by atoms with Gasteiger partial charge in [0.1, 0.15) is 0 Å². The largest absolute Gasteiger partial charge is 0.465 e. The van der Waals surface area contributed by atoms with Crippen molar-refractivity contribution in [2.45, 2.75) is 25.7 Å². The van der Waals surface area contributed by atoms with E-state index in [1.165, 1.54) is 32.8 Å². The normalized spacial score (nSPS) is 27.6. The summed E-state index contributed by atoms with van der Waals surface area (Å²) in [6.45, 7) is 0.989. The third-order valence-corrected chi connectivity index (χ3v) is 4.91. The van der Waals surface area contributed by atoms with Crippen LogP contribution in [0.15, 0.2) is 18.2 Å². The van der Waals surface area contributed by atoms with Crippen LogP contribution in [0.5, 0.6) is 0 Å². The molecule has 0 radical (unpaired) electrons. The summed E-state index contributed by atoms with van der Waals surface area (Å²) in [4.78, 5) is 11.4. The fraction of sp³-hybridized carbons (Fsp3) is 0.562. The van der Waals surface area contributed by atoms with Crippen LogP contribution in [0.3, 0.4) is 0 Å². The fourth-order valence-corrected chi connectivity index (χ4v) is 3.84. The first-order chi connectivity index (χ1) is 9.67. The van der Waals surface area contributed by atoms with Crippen molar-refractivity contribution in [3.05, 3.63) is 23.8 Å². The molecule has 2 saturated carbocycles. The van der Waals surface area contributed by atoms with Gasteiger partial charge in [-0.05, 0) is 55.2 Å². The Labute approximate surface area is 119 Å². The van der Waals surface area contributed by atoms with Crippen molar-refractivity contribution >= 4 is 17.3 Å².